The van der Waals surface area contributed by atoms with Crippen molar-refractivity contribution < 1.29 is 9.18 Å². The Morgan fingerprint density at radius 3 is 2.82 bits per heavy atom. The van der Waals surface area contributed by atoms with Crippen molar-refractivity contribution in [1.29, 1.82) is 0 Å². The van der Waals surface area contributed by atoms with Crippen LogP contribution in [0.5, 0.6) is 0 Å². The molecular weight excluding hydrogens is 219 g/mol. The zero-order valence-electron chi connectivity index (χ0n) is 9.53. The molecule has 90 valence electrons. The van der Waals surface area contributed by atoms with Crippen LogP contribution in [-0.4, -0.2) is 23.4 Å². The smallest absolute Gasteiger partial charge is 0.254 e. The van der Waals surface area contributed by atoms with Gasteiger partial charge in [0.2, 0.25) is 0 Å². The number of nitrogen functional groups attached to an aromatic ring is 1. The van der Waals surface area contributed by atoms with Gasteiger partial charge in [0, 0.05) is 18.2 Å². The number of rotatable bonds is 4. The minimum absolute atomic E-state index is 0.00481. The van der Waals surface area contributed by atoms with E-state index >= 15 is 0 Å². The van der Waals surface area contributed by atoms with Gasteiger partial charge in [-0.2, -0.15) is 0 Å². The van der Waals surface area contributed by atoms with Gasteiger partial charge in [-0.25, -0.2) is 4.39 Å². The average Bonchev–Trinajstić information content (AvgIpc) is 3.13. The molecule has 0 aromatic heterocycles. The van der Waals surface area contributed by atoms with Gasteiger partial charge in [-0.15, -0.1) is 6.58 Å². The molecule has 2 N–H and O–H groups in total. The molecule has 0 unspecified atom stereocenters. The highest BCUT2D eigenvalue weighted by Crippen LogP contribution is 2.28. The van der Waals surface area contributed by atoms with Crippen LogP contribution in [-0.2, 0) is 0 Å². The standard InChI is InChI=1S/C13H15FN2O/c1-2-7-16(10-4-5-10)13(17)9-3-6-11(14)12(15)8-9/h2-3,6,8,10H,1,4-5,7,15H2. The molecule has 1 aromatic carbocycles. The maximum atomic E-state index is 13.0. The van der Waals surface area contributed by atoms with Crippen LogP contribution >= 0.6 is 0 Å². The summed E-state index contributed by atoms with van der Waals surface area (Å²) in [6, 6.07) is 4.37. The average molecular weight is 234 g/mol. The van der Waals surface area contributed by atoms with E-state index in [0.29, 0.717) is 18.2 Å². The monoisotopic (exact) mass is 234 g/mol. The van der Waals surface area contributed by atoms with Crippen LogP contribution in [0.3, 0.4) is 0 Å². The lowest BCUT2D eigenvalue weighted by Gasteiger charge is -2.20. The first-order valence-corrected chi connectivity index (χ1v) is 5.60. The summed E-state index contributed by atoms with van der Waals surface area (Å²) in [5.41, 5.74) is 5.89. The van der Waals surface area contributed by atoms with Gasteiger partial charge < -0.3 is 10.6 Å². The van der Waals surface area contributed by atoms with E-state index in [1.54, 1.807) is 11.0 Å². The number of nitrogens with two attached hydrogens (primary N) is 1. The molecule has 2 rings (SSSR count). The molecule has 1 amide bonds. The molecule has 1 aliphatic carbocycles. The third-order valence-corrected chi connectivity index (χ3v) is 2.82. The normalized spacial score (nSPS) is 14.4. The summed E-state index contributed by atoms with van der Waals surface area (Å²) in [6.45, 7) is 4.15. The molecule has 0 spiro atoms. The maximum absolute atomic E-state index is 13.0. The fourth-order valence-corrected chi connectivity index (χ4v) is 1.77. The van der Waals surface area contributed by atoms with Gasteiger partial charge in [0.05, 0.1) is 5.69 Å². The fraction of sp³-hybridized carbons (Fsp3) is 0.308. The lowest BCUT2D eigenvalue weighted by Crippen LogP contribution is -2.33. The third-order valence-electron chi connectivity index (χ3n) is 2.82. The Bertz CT molecular complexity index is 455. The summed E-state index contributed by atoms with van der Waals surface area (Å²) in [7, 11) is 0. The van der Waals surface area contributed by atoms with Gasteiger partial charge in [-0.3, -0.25) is 4.79 Å². The van der Waals surface area contributed by atoms with E-state index in [9.17, 15) is 9.18 Å². The Balaban J connectivity index is 2.21. The molecule has 0 heterocycles. The van der Waals surface area contributed by atoms with Crippen molar-refractivity contribution in [1.82, 2.24) is 4.90 Å². The molecule has 0 atom stereocenters. The Kier molecular flexibility index (Phi) is 3.13. The van der Waals surface area contributed by atoms with Crippen molar-refractivity contribution in [3.8, 4) is 0 Å². The highest BCUT2D eigenvalue weighted by atomic mass is 19.1. The molecule has 1 aliphatic rings. The number of anilines is 1. The Hall–Kier alpha value is -1.84. The first-order valence-electron chi connectivity index (χ1n) is 5.60. The molecule has 1 saturated carbocycles. The minimum atomic E-state index is -0.497. The van der Waals surface area contributed by atoms with Crippen molar-refractivity contribution >= 4 is 11.6 Å². The third kappa shape index (κ3) is 2.46. The molecule has 0 aliphatic heterocycles. The number of carbonyl (C=O) groups is 1. The van der Waals surface area contributed by atoms with Gasteiger partial charge in [-0.1, -0.05) is 6.08 Å². The van der Waals surface area contributed by atoms with Crippen LogP contribution in [0.1, 0.15) is 23.2 Å². The Morgan fingerprint density at radius 1 is 1.59 bits per heavy atom. The number of amides is 1. The van der Waals surface area contributed by atoms with E-state index in [1.165, 1.54) is 18.2 Å². The van der Waals surface area contributed by atoms with Gasteiger partial charge >= 0.3 is 0 Å². The molecule has 0 saturated heterocycles. The second kappa shape index (κ2) is 4.57. The van der Waals surface area contributed by atoms with Crippen LogP contribution in [0, 0.1) is 5.82 Å². The predicted octanol–water partition coefficient (Wildman–Crippen LogP) is 2.20. The van der Waals surface area contributed by atoms with Crippen LogP contribution in [0.25, 0.3) is 0 Å². The lowest BCUT2D eigenvalue weighted by atomic mass is 10.1. The predicted molar refractivity (Wildman–Crippen MR) is 65.1 cm³/mol. The summed E-state index contributed by atoms with van der Waals surface area (Å²) in [5.74, 6) is -0.609. The second-order valence-electron chi connectivity index (χ2n) is 4.21. The molecule has 0 bridgehead atoms. The van der Waals surface area contributed by atoms with Crippen molar-refractivity contribution in [3.05, 3.63) is 42.2 Å². The van der Waals surface area contributed by atoms with Gasteiger partial charge in [0.25, 0.3) is 5.91 Å². The van der Waals surface area contributed by atoms with Gasteiger partial charge in [-0.05, 0) is 31.0 Å². The highest BCUT2D eigenvalue weighted by Gasteiger charge is 2.32. The maximum Gasteiger partial charge on any atom is 0.254 e. The number of halogens is 1. The zero-order chi connectivity index (χ0) is 12.4. The van der Waals surface area contributed by atoms with Crippen LogP contribution < -0.4 is 5.73 Å². The largest absolute Gasteiger partial charge is 0.396 e. The van der Waals surface area contributed by atoms with E-state index in [2.05, 4.69) is 6.58 Å². The summed E-state index contributed by atoms with van der Waals surface area (Å²) >= 11 is 0. The van der Waals surface area contributed by atoms with E-state index in [4.69, 9.17) is 5.73 Å². The number of benzene rings is 1. The first kappa shape index (κ1) is 11.6. The van der Waals surface area contributed by atoms with Crippen LogP contribution in [0.15, 0.2) is 30.9 Å². The molecule has 4 heteroatoms. The quantitative estimate of drug-likeness (QED) is 0.641. The fourth-order valence-electron chi connectivity index (χ4n) is 1.77. The molecule has 1 aromatic rings. The lowest BCUT2D eigenvalue weighted by molar-refractivity contribution is 0.0762. The van der Waals surface area contributed by atoms with Crippen molar-refractivity contribution in [3.63, 3.8) is 0 Å². The minimum Gasteiger partial charge on any atom is -0.396 e. The summed E-state index contributed by atoms with van der Waals surface area (Å²) in [4.78, 5) is 13.9. The van der Waals surface area contributed by atoms with Gasteiger partial charge in [0.1, 0.15) is 5.82 Å². The molecular formula is C13H15FN2O. The van der Waals surface area contributed by atoms with E-state index < -0.39 is 5.82 Å². The summed E-state index contributed by atoms with van der Waals surface area (Å²) < 4.78 is 13.0. The van der Waals surface area contributed by atoms with Gasteiger partial charge in [0.15, 0.2) is 0 Å². The molecule has 3 nitrogen and oxygen atoms in total. The van der Waals surface area contributed by atoms with E-state index in [0.717, 1.165) is 12.8 Å². The van der Waals surface area contributed by atoms with E-state index in [-0.39, 0.29) is 11.6 Å². The topological polar surface area (TPSA) is 46.3 Å². The Morgan fingerprint density at radius 2 is 2.29 bits per heavy atom. The summed E-state index contributed by atoms with van der Waals surface area (Å²) in [6.07, 6.45) is 3.75. The summed E-state index contributed by atoms with van der Waals surface area (Å²) in [5, 5.41) is 0. The van der Waals surface area contributed by atoms with Crippen molar-refractivity contribution in [2.45, 2.75) is 18.9 Å². The Labute approximate surface area is 99.7 Å². The van der Waals surface area contributed by atoms with Crippen LogP contribution in [0.4, 0.5) is 10.1 Å². The number of hydrogen-bond acceptors (Lipinski definition) is 2. The SMILES string of the molecule is C=CCN(C(=O)c1ccc(F)c(N)c1)C1CC1. The van der Waals surface area contributed by atoms with Crippen molar-refractivity contribution in [2.75, 3.05) is 12.3 Å². The zero-order valence-corrected chi connectivity index (χ0v) is 9.53. The molecule has 17 heavy (non-hydrogen) atoms. The molecule has 1 fully saturated rings. The number of hydrogen-bond donors (Lipinski definition) is 1. The number of carbonyl (C=O) groups excluding carboxylic acids is 1. The van der Waals surface area contributed by atoms with E-state index in [1.807, 2.05) is 0 Å². The highest BCUT2D eigenvalue weighted by molar-refractivity contribution is 5.95. The van der Waals surface area contributed by atoms with Crippen LogP contribution in [0.2, 0.25) is 0 Å². The first-order chi connectivity index (χ1) is 8.13. The second-order valence-corrected chi connectivity index (χ2v) is 4.21. The molecule has 0 radical (unpaired) electrons. The van der Waals surface area contributed by atoms with Crippen molar-refractivity contribution in [2.24, 2.45) is 0 Å². The number of nitrogens with zero attached hydrogens (tertiary/aromatic N) is 1.